The molecule has 38 heavy (non-hydrogen) atoms. The monoisotopic (exact) mass is 533 g/mol. The van der Waals surface area contributed by atoms with E-state index in [1.807, 2.05) is 60.7 Å². The Balaban J connectivity index is 0.00000336. The predicted octanol–water partition coefficient (Wildman–Crippen LogP) is 5.16. The summed E-state index contributed by atoms with van der Waals surface area (Å²) in [7, 11) is 1.68. The van der Waals surface area contributed by atoms with Crippen LogP contribution in [0.5, 0.6) is 5.75 Å². The standard InChI is InChI=1S/C30H31N3O4.ClH/c1-20-27(35)23-12-9-13-24(29(23)37-28(20)22-10-5-4-6-11-22)30(31-21(2)34)33-18-16-32(17-19-33)25-14-7-8-15-26(25)36-3;/h4-15,30H,16-19H2,1-3H3,(H,31,34);1H. The summed E-state index contributed by atoms with van der Waals surface area (Å²) < 4.78 is 12.0. The second-order valence-electron chi connectivity index (χ2n) is 9.27. The van der Waals surface area contributed by atoms with Crippen molar-refractivity contribution in [2.45, 2.75) is 20.0 Å². The van der Waals surface area contributed by atoms with Gasteiger partial charge in [0.1, 0.15) is 23.3 Å². The minimum atomic E-state index is -0.435. The first-order valence-electron chi connectivity index (χ1n) is 12.5. The summed E-state index contributed by atoms with van der Waals surface area (Å²) in [6.45, 7) is 6.25. The van der Waals surface area contributed by atoms with Crippen molar-refractivity contribution in [2.75, 3.05) is 38.2 Å². The molecule has 0 saturated carbocycles. The van der Waals surface area contributed by atoms with Crippen molar-refractivity contribution in [1.29, 1.82) is 0 Å². The van der Waals surface area contributed by atoms with E-state index in [4.69, 9.17) is 9.15 Å². The summed E-state index contributed by atoms with van der Waals surface area (Å²) in [6.07, 6.45) is -0.435. The lowest BCUT2D eigenvalue weighted by Crippen LogP contribution is -2.51. The second kappa shape index (κ2) is 11.7. The summed E-state index contributed by atoms with van der Waals surface area (Å²) in [4.78, 5) is 30.2. The van der Waals surface area contributed by atoms with Crippen molar-refractivity contribution >= 4 is 35.0 Å². The average molecular weight is 534 g/mol. The third-order valence-corrected chi connectivity index (χ3v) is 6.95. The molecule has 1 fully saturated rings. The summed E-state index contributed by atoms with van der Waals surface area (Å²) in [6, 6.07) is 23.2. The zero-order chi connectivity index (χ0) is 25.9. The molecule has 1 aromatic heterocycles. The highest BCUT2D eigenvalue weighted by atomic mass is 35.5. The number of methoxy groups -OCH3 is 1. The number of fused-ring (bicyclic) bond motifs is 1. The molecule has 1 aliphatic heterocycles. The van der Waals surface area contributed by atoms with Crippen LogP contribution in [0.2, 0.25) is 0 Å². The molecule has 1 saturated heterocycles. The number of halogens is 1. The third kappa shape index (κ3) is 5.26. The SMILES string of the molecule is COc1ccccc1N1CCN(C(NC(C)=O)c2cccc3c(=O)c(C)c(-c4ccccc4)oc23)CC1.Cl. The van der Waals surface area contributed by atoms with Crippen molar-refractivity contribution in [3.8, 4) is 17.1 Å². The molecule has 0 aliphatic carbocycles. The van der Waals surface area contributed by atoms with Crippen molar-refractivity contribution < 1.29 is 13.9 Å². The van der Waals surface area contributed by atoms with E-state index in [0.29, 0.717) is 35.4 Å². The van der Waals surface area contributed by atoms with Crippen LogP contribution in [0.3, 0.4) is 0 Å². The Kier molecular flexibility index (Phi) is 8.39. The van der Waals surface area contributed by atoms with E-state index in [-0.39, 0.29) is 23.7 Å². The molecule has 2 heterocycles. The maximum absolute atomic E-state index is 13.4. The molecule has 0 radical (unpaired) electrons. The highest BCUT2D eigenvalue weighted by Crippen LogP contribution is 2.33. The quantitative estimate of drug-likeness (QED) is 0.369. The number of piperazine rings is 1. The molecule has 0 bridgehead atoms. The third-order valence-electron chi connectivity index (χ3n) is 6.95. The number of hydrogen-bond donors (Lipinski definition) is 1. The Bertz CT molecular complexity index is 1480. The first-order valence-corrected chi connectivity index (χ1v) is 12.5. The molecule has 1 atom stereocenters. The minimum Gasteiger partial charge on any atom is -0.495 e. The fraction of sp³-hybridized carbons (Fsp3) is 0.267. The van der Waals surface area contributed by atoms with E-state index in [1.54, 1.807) is 20.1 Å². The number of hydrogen-bond acceptors (Lipinski definition) is 6. The van der Waals surface area contributed by atoms with E-state index >= 15 is 0 Å². The smallest absolute Gasteiger partial charge is 0.218 e. The molecular weight excluding hydrogens is 502 g/mol. The van der Waals surface area contributed by atoms with E-state index < -0.39 is 6.17 Å². The Morgan fingerprint density at radius 1 is 0.947 bits per heavy atom. The van der Waals surface area contributed by atoms with Crippen LogP contribution in [0.15, 0.2) is 82.0 Å². The van der Waals surface area contributed by atoms with Gasteiger partial charge in [0.25, 0.3) is 0 Å². The molecule has 0 spiro atoms. The number of nitrogens with zero attached hydrogens (tertiary/aromatic N) is 2. The molecular formula is C30H32ClN3O4. The first-order chi connectivity index (χ1) is 18.0. The van der Waals surface area contributed by atoms with Gasteiger partial charge < -0.3 is 19.4 Å². The zero-order valence-corrected chi connectivity index (χ0v) is 22.6. The van der Waals surface area contributed by atoms with Gasteiger partial charge in [-0.2, -0.15) is 0 Å². The lowest BCUT2D eigenvalue weighted by atomic mass is 10.0. The molecule has 8 heteroatoms. The molecule has 1 amide bonds. The van der Waals surface area contributed by atoms with Gasteiger partial charge in [-0.15, -0.1) is 12.4 Å². The van der Waals surface area contributed by atoms with Gasteiger partial charge in [-0.25, -0.2) is 0 Å². The molecule has 1 unspecified atom stereocenters. The Morgan fingerprint density at radius 2 is 1.63 bits per heavy atom. The molecule has 5 rings (SSSR count). The highest BCUT2D eigenvalue weighted by Gasteiger charge is 2.29. The lowest BCUT2D eigenvalue weighted by Gasteiger charge is -2.40. The van der Waals surface area contributed by atoms with Crippen LogP contribution in [0.25, 0.3) is 22.3 Å². The minimum absolute atomic E-state index is 0. The van der Waals surface area contributed by atoms with Crippen LogP contribution >= 0.6 is 12.4 Å². The largest absolute Gasteiger partial charge is 0.495 e. The van der Waals surface area contributed by atoms with Crippen molar-refractivity contribution in [3.05, 3.63) is 94.1 Å². The number of carbonyl (C=O) groups excluding carboxylic acids is 1. The van der Waals surface area contributed by atoms with Crippen LogP contribution in [0.4, 0.5) is 5.69 Å². The topological polar surface area (TPSA) is 75.0 Å². The van der Waals surface area contributed by atoms with Gasteiger partial charge in [0.2, 0.25) is 5.91 Å². The average Bonchev–Trinajstić information content (AvgIpc) is 2.94. The summed E-state index contributed by atoms with van der Waals surface area (Å²) in [5, 5.41) is 3.62. The first kappa shape index (κ1) is 27.2. The molecule has 7 nitrogen and oxygen atoms in total. The normalized spacial score (nSPS) is 14.6. The number of carbonyl (C=O) groups is 1. The lowest BCUT2D eigenvalue weighted by molar-refractivity contribution is -0.121. The molecule has 4 aromatic rings. The van der Waals surface area contributed by atoms with E-state index in [2.05, 4.69) is 21.2 Å². The fourth-order valence-corrected chi connectivity index (χ4v) is 5.08. The zero-order valence-electron chi connectivity index (χ0n) is 21.8. The van der Waals surface area contributed by atoms with Gasteiger partial charge in [0, 0.05) is 49.8 Å². The summed E-state index contributed by atoms with van der Waals surface area (Å²) in [5.74, 6) is 1.24. The number of para-hydroxylation sites is 3. The van der Waals surface area contributed by atoms with Crippen LogP contribution in [0.1, 0.15) is 24.2 Å². The number of nitrogens with one attached hydrogen (secondary N) is 1. The number of rotatable bonds is 6. The van der Waals surface area contributed by atoms with Gasteiger partial charge in [-0.1, -0.05) is 54.6 Å². The molecule has 1 N–H and O–H groups in total. The van der Waals surface area contributed by atoms with Gasteiger partial charge >= 0.3 is 0 Å². The summed E-state index contributed by atoms with van der Waals surface area (Å²) >= 11 is 0. The maximum Gasteiger partial charge on any atom is 0.218 e. The van der Waals surface area contributed by atoms with Crippen LogP contribution in [0, 0.1) is 6.92 Å². The molecule has 3 aromatic carbocycles. The van der Waals surface area contributed by atoms with Crippen LogP contribution < -0.4 is 20.4 Å². The van der Waals surface area contributed by atoms with Crippen LogP contribution in [-0.4, -0.2) is 44.1 Å². The van der Waals surface area contributed by atoms with Gasteiger partial charge in [0.15, 0.2) is 5.43 Å². The van der Waals surface area contributed by atoms with Crippen molar-refractivity contribution in [3.63, 3.8) is 0 Å². The Labute approximate surface area is 228 Å². The van der Waals surface area contributed by atoms with Gasteiger partial charge in [0.05, 0.1) is 18.2 Å². The summed E-state index contributed by atoms with van der Waals surface area (Å²) in [5.41, 5.74) is 3.67. The van der Waals surface area contributed by atoms with Crippen LogP contribution in [-0.2, 0) is 4.79 Å². The number of anilines is 1. The van der Waals surface area contributed by atoms with Crippen molar-refractivity contribution in [1.82, 2.24) is 10.2 Å². The van der Waals surface area contributed by atoms with Crippen molar-refractivity contribution in [2.24, 2.45) is 0 Å². The van der Waals surface area contributed by atoms with E-state index in [1.165, 1.54) is 6.92 Å². The van der Waals surface area contributed by atoms with Gasteiger partial charge in [-0.3, -0.25) is 14.5 Å². The van der Waals surface area contributed by atoms with Gasteiger partial charge in [-0.05, 0) is 25.1 Å². The fourth-order valence-electron chi connectivity index (χ4n) is 5.08. The number of ether oxygens (including phenoxy) is 1. The number of amides is 1. The second-order valence-corrected chi connectivity index (χ2v) is 9.27. The predicted molar refractivity (Wildman–Crippen MR) is 153 cm³/mol. The molecule has 1 aliphatic rings. The maximum atomic E-state index is 13.4. The Hall–Kier alpha value is -3.81. The molecule has 198 valence electrons. The number of benzene rings is 3. The highest BCUT2D eigenvalue weighted by molar-refractivity contribution is 5.85. The van der Waals surface area contributed by atoms with E-state index in [9.17, 15) is 9.59 Å². The van der Waals surface area contributed by atoms with E-state index in [0.717, 1.165) is 35.7 Å². The Morgan fingerprint density at radius 3 is 2.32 bits per heavy atom.